The highest BCUT2D eigenvalue weighted by Gasteiger charge is 2.35. The maximum Gasteiger partial charge on any atom is 0.410 e. The number of rotatable bonds is 5. The van der Waals surface area contributed by atoms with Gasteiger partial charge >= 0.3 is 12.1 Å². The van der Waals surface area contributed by atoms with Gasteiger partial charge in [-0.05, 0) is 43.0 Å². The zero-order valence-electron chi connectivity index (χ0n) is 17.6. The summed E-state index contributed by atoms with van der Waals surface area (Å²) in [5.74, 6) is -1.62. The normalized spacial score (nSPS) is 19.1. The van der Waals surface area contributed by atoms with Crippen molar-refractivity contribution >= 4 is 41.7 Å². The number of hydrogen-bond acceptors (Lipinski definition) is 4. The van der Waals surface area contributed by atoms with Crippen LogP contribution in [0, 0.1) is 0 Å². The summed E-state index contributed by atoms with van der Waals surface area (Å²) < 4.78 is 5.30. The number of alkyl halides is 1. The predicted molar refractivity (Wildman–Crippen MR) is 119 cm³/mol. The van der Waals surface area contributed by atoms with Gasteiger partial charge in [0.05, 0.1) is 12.0 Å². The molecule has 8 nitrogen and oxygen atoms in total. The monoisotopic (exact) mass is 457 g/mol. The smallest absolute Gasteiger partial charge is 0.410 e. The molecule has 0 bridgehead atoms. The lowest BCUT2D eigenvalue weighted by Crippen LogP contribution is -2.42. The number of carboxylic acids is 1. The molecule has 168 valence electrons. The Morgan fingerprint density at radius 1 is 1.34 bits per heavy atom. The molecule has 1 aromatic heterocycles. The molecule has 1 aromatic carbocycles. The number of amides is 2. The number of carbonyl (C=O) groups excluding carboxylic acids is 2. The minimum Gasteiger partial charge on any atom is -0.480 e. The van der Waals surface area contributed by atoms with Gasteiger partial charge in [0, 0.05) is 28.4 Å². The lowest BCUT2D eigenvalue weighted by Gasteiger charge is -2.35. The van der Waals surface area contributed by atoms with E-state index in [1.54, 1.807) is 30.0 Å². The highest BCUT2D eigenvalue weighted by atomic mass is 35.5. The van der Waals surface area contributed by atoms with Crippen LogP contribution < -0.4 is 15.9 Å². The Morgan fingerprint density at radius 3 is 2.91 bits per heavy atom. The van der Waals surface area contributed by atoms with Gasteiger partial charge in [0.25, 0.3) is 5.91 Å². The van der Waals surface area contributed by atoms with Gasteiger partial charge in [-0.3, -0.25) is 14.5 Å². The van der Waals surface area contributed by atoms with Gasteiger partial charge in [-0.1, -0.05) is 24.3 Å². The van der Waals surface area contributed by atoms with Crippen LogP contribution >= 0.6 is 11.6 Å². The van der Waals surface area contributed by atoms with Gasteiger partial charge in [-0.2, -0.15) is 0 Å². The molecule has 0 saturated heterocycles. The lowest BCUT2D eigenvalue weighted by molar-refractivity contribution is -0.135. The summed E-state index contributed by atoms with van der Waals surface area (Å²) in [5, 5.41) is 13.2. The molecule has 32 heavy (non-hydrogen) atoms. The molecule has 2 heterocycles. The predicted octanol–water partition coefficient (Wildman–Crippen LogP) is 1.51. The van der Waals surface area contributed by atoms with Crippen LogP contribution in [0.15, 0.2) is 24.3 Å². The number of H-pyrrole nitrogens is 1. The summed E-state index contributed by atoms with van der Waals surface area (Å²) in [4.78, 5) is 41.1. The van der Waals surface area contributed by atoms with E-state index in [2.05, 4.69) is 16.4 Å². The van der Waals surface area contributed by atoms with Crippen LogP contribution in [0.4, 0.5) is 4.79 Å². The van der Waals surface area contributed by atoms with Crippen molar-refractivity contribution in [1.82, 2.24) is 15.2 Å². The van der Waals surface area contributed by atoms with Crippen LogP contribution in [0.25, 0.3) is 12.2 Å². The van der Waals surface area contributed by atoms with Gasteiger partial charge in [-0.25, -0.2) is 4.79 Å². The molecule has 0 radical (unpaired) electrons. The Balaban J connectivity index is 1.79. The fraction of sp³-hybridized carbons (Fsp3) is 0.348. The summed E-state index contributed by atoms with van der Waals surface area (Å²) >= 11 is 6.35. The molecule has 1 aliphatic carbocycles. The van der Waals surface area contributed by atoms with Crippen LogP contribution in [-0.4, -0.2) is 58.0 Å². The van der Waals surface area contributed by atoms with Gasteiger partial charge in [0.2, 0.25) is 0 Å². The van der Waals surface area contributed by atoms with E-state index in [-0.39, 0.29) is 12.0 Å². The molecular formula is C23H24ClN3O5. The summed E-state index contributed by atoms with van der Waals surface area (Å²) in [6.45, 7) is 1.99. The van der Waals surface area contributed by atoms with E-state index in [0.29, 0.717) is 18.5 Å². The first-order valence-electron chi connectivity index (χ1n) is 10.5. The number of benzene rings is 1. The molecule has 2 aliphatic rings. The van der Waals surface area contributed by atoms with E-state index < -0.39 is 30.6 Å². The molecule has 9 heteroatoms. The maximum absolute atomic E-state index is 12.8. The minimum absolute atomic E-state index is 0.0785. The van der Waals surface area contributed by atoms with Crippen molar-refractivity contribution in [3.63, 3.8) is 0 Å². The topological polar surface area (TPSA) is 112 Å². The standard InChI is InChI=1S/C23H24ClN3O5/c1-2-32-23(31)27-9-8-16-17-11-15(24)6-7-18(17)26-20(16)21(27)13-4-3-5-14(10-13)22(30)25-12-19(28)29/h3-5,7,10-11,15,21,26H,2,6,8-9,12H2,1H3,(H,25,30)(H,28,29). The number of carbonyl (C=O) groups is 3. The van der Waals surface area contributed by atoms with Gasteiger partial charge in [0.15, 0.2) is 0 Å². The summed E-state index contributed by atoms with van der Waals surface area (Å²) in [6.07, 6.45) is 5.05. The Labute approximate surface area is 189 Å². The minimum atomic E-state index is -1.12. The Bertz CT molecular complexity index is 1190. The number of nitrogens with one attached hydrogen (secondary N) is 2. The van der Waals surface area contributed by atoms with Crippen molar-refractivity contribution in [1.29, 1.82) is 0 Å². The molecule has 0 spiro atoms. The number of fused-ring (bicyclic) bond motifs is 3. The van der Waals surface area contributed by atoms with Gasteiger partial charge in [-0.15, -0.1) is 11.6 Å². The number of hydrogen-bond donors (Lipinski definition) is 3. The SMILES string of the molecule is CCOC(=O)N1CCc2c([nH]c3c2=CC(Cl)CC=3)C1c1cccc(C(=O)NCC(=O)O)c1. The Kier molecular flexibility index (Phi) is 6.23. The third-order valence-electron chi connectivity index (χ3n) is 5.66. The fourth-order valence-corrected chi connectivity index (χ4v) is 4.52. The van der Waals surface area contributed by atoms with Crippen molar-refractivity contribution in [3.05, 3.63) is 57.2 Å². The molecule has 3 N–H and O–H groups in total. The van der Waals surface area contributed by atoms with E-state index in [1.165, 1.54) is 0 Å². The maximum atomic E-state index is 12.8. The number of ether oxygens (including phenoxy) is 1. The molecule has 2 unspecified atom stereocenters. The first-order chi connectivity index (χ1) is 15.4. The number of aromatic amines is 1. The highest BCUT2D eigenvalue weighted by Crippen LogP contribution is 2.33. The third-order valence-corrected chi connectivity index (χ3v) is 5.96. The van der Waals surface area contributed by atoms with Gasteiger partial charge < -0.3 is 20.1 Å². The Hall–Kier alpha value is -3.26. The molecule has 2 aromatic rings. The zero-order chi connectivity index (χ0) is 22.8. The van der Waals surface area contributed by atoms with E-state index in [0.717, 1.165) is 33.8 Å². The average molecular weight is 458 g/mol. The van der Waals surface area contributed by atoms with Crippen molar-refractivity contribution in [2.75, 3.05) is 19.7 Å². The van der Waals surface area contributed by atoms with Crippen molar-refractivity contribution < 1.29 is 24.2 Å². The molecular weight excluding hydrogens is 434 g/mol. The first-order valence-corrected chi connectivity index (χ1v) is 10.9. The number of carboxylic acid groups (broad SMARTS) is 1. The molecule has 0 fully saturated rings. The second kappa shape index (κ2) is 9.08. The number of halogens is 1. The molecule has 1 aliphatic heterocycles. The fourth-order valence-electron chi connectivity index (χ4n) is 4.30. The van der Waals surface area contributed by atoms with Crippen molar-refractivity contribution in [2.45, 2.75) is 31.2 Å². The largest absolute Gasteiger partial charge is 0.480 e. The van der Waals surface area contributed by atoms with E-state index in [9.17, 15) is 14.4 Å². The highest BCUT2D eigenvalue weighted by molar-refractivity contribution is 6.24. The van der Waals surface area contributed by atoms with Gasteiger partial charge in [0.1, 0.15) is 12.6 Å². The average Bonchev–Trinajstić information content (AvgIpc) is 3.14. The van der Waals surface area contributed by atoms with Crippen LogP contribution in [0.3, 0.4) is 0 Å². The molecule has 4 rings (SSSR count). The molecule has 2 atom stereocenters. The molecule has 0 saturated carbocycles. The summed E-state index contributed by atoms with van der Waals surface area (Å²) in [6, 6.07) is 6.38. The van der Waals surface area contributed by atoms with Crippen molar-refractivity contribution in [3.8, 4) is 0 Å². The number of nitrogens with zero attached hydrogens (tertiary/aromatic N) is 1. The Morgan fingerprint density at radius 2 is 2.16 bits per heavy atom. The summed E-state index contributed by atoms with van der Waals surface area (Å²) in [7, 11) is 0. The zero-order valence-corrected chi connectivity index (χ0v) is 18.3. The first kappa shape index (κ1) is 22.0. The van der Waals surface area contributed by atoms with Crippen LogP contribution in [0.5, 0.6) is 0 Å². The van der Waals surface area contributed by atoms with E-state index >= 15 is 0 Å². The van der Waals surface area contributed by atoms with E-state index in [1.807, 2.05) is 12.1 Å². The third kappa shape index (κ3) is 4.23. The summed E-state index contributed by atoms with van der Waals surface area (Å²) in [5.41, 5.74) is 3.02. The second-order valence-corrected chi connectivity index (χ2v) is 8.27. The lowest BCUT2D eigenvalue weighted by atomic mass is 9.92. The molecule has 2 amide bonds. The van der Waals surface area contributed by atoms with Crippen molar-refractivity contribution in [2.24, 2.45) is 0 Å². The van der Waals surface area contributed by atoms with E-state index in [4.69, 9.17) is 21.4 Å². The number of aromatic nitrogens is 1. The van der Waals surface area contributed by atoms with Crippen LogP contribution in [0.1, 0.15) is 46.6 Å². The second-order valence-electron chi connectivity index (χ2n) is 7.71. The van der Waals surface area contributed by atoms with Crippen LogP contribution in [0.2, 0.25) is 0 Å². The van der Waals surface area contributed by atoms with Crippen LogP contribution in [-0.2, 0) is 16.0 Å². The number of aliphatic carboxylic acids is 1. The quantitative estimate of drug-likeness (QED) is 0.589.